The second kappa shape index (κ2) is 13.4. The minimum atomic E-state index is 0.661. The Bertz CT molecular complexity index is 750. The van der Waals surface area contributed by atoms with Crippen molar-refractivity contribution in [3.63, 3.8) is 0 Å². The van der Waals surface area contributed by atoms with Crippen LogP contribution in [-0.4, -0.2) is 23.2 Å². The smallest absolute Gasteiger partial charge is 0.159 e. The molecular weight excluding hydrogens is 396 g/mol. The Morgan fingerprint density at radius 3 is 2.12 bits per heavy atom. The number of hydrogen-bond donors (Lipinski definition) is 0. The molecule has 32 heavy (non-hydrogen) atoms. The predicted molar refractivity (Wildman–Crippen MR) is 132 cm³/mol. The van der Waals surface area contributed by atoms with Crippen molar-refractivity contribution in [3.05, 3.63) is 36.7 Å². The lowest BCUT2D eigenvalue weighted by atomic mass is 9.77. The zero-order chi connectivity index (χ0) is 22.6. The van der Waals surface area contributed by atoms with Gasteiger partial charge in [0.15, 0.2) is 11.6 Å². The van der Waals surface area contributed by atoms with Gasteiger partial charge in [0.25, 0.3) is 0 Å². The molecule has 4 nitrogen and oxygen atoms in total. The number of unbranched alkanes of at least 4 members (excludes halogenated alkanes) is 5. The summed E-state index contributed by atoms with van der Waals surface area (Å²) < 4.78 is 11.9. The molecule has 4 heteroatoms. The van der Waals surface area contributed by atoms with Crippen LogP contribution in [0.3, 0.4) is 0 Å². The highest BCUT2D eigenvalue weighted by atomic mass is 16.5. The topological polar surface area (TPSA) is 44.2 Å². The molecule has 1 fully saturated rings. The minimum Gasteiger partial charge on any atom is -0.494 e. The van der Waals surface area contributed by atoms with E-state index < -0.39 is 0 Å². The summed E-state index contributed by atoms with van der Waals surface area (Å²) in [6.45, 7) is 8.50. The SMILES string of the molecule is CCCCCCCCOc1ccc(-c2ncc(OCC3CCC(C(C)C)CC3)cn2)cc1. The van der Waals surface area contributed by atoms with Gasteiger partial charge in [0.1, 0.15) is 5.75 Å². The number of rotatable bonds is 13. The van der Waals surface area contributed by atoms with E-state index in [-0.39, 0.29) is 0 Å². The molecule has 0 N–H and O–H groups in total. The highest BCUT2D eigenvalue weighted by Gasteiger charge is 2.23. The van der Waals surface area contributed by atoms with Crippen LogP contribution in [0.25, 0.3) is 11.4 Å². The molecule has 176 valence electrons. The van der Waals surface area contributed by atoms with E-state index in [2.05, 4.69) is 30.7 Å². The van der Waals surface area contributed by atoms with Gasteiger partial charge < -0.3 is 9.47 Å². The molecule has 1 aromatic carbocycles. The quantitative estimate of drug-likeness (QED) is 0.300. The van der Waals surface area contributed by atoms with Crippen molar-refractivity contribution < 1.29 is 9.47 Å². The van der Waals surface area contributed by atoms with E-state index in [0.29, 0.717) is 5.92 Å². The van der Waals surface area contributed by atoms with Crippen LogP contribution in [-0.2, 0) is 0 Å². The fourth-order valence-electron chi connectivity index (χ4n) is 4.55. The lowest BCUT2D eigenvalue weighted by Gasteiger charge is -2.30. The molecule has 0 unspecified atom stereocenters. The van der Waals surface area contributed by atoms with Gasteiger partial charge >= 0.3 is 0 Å². The Balaban J connectivity index is 1.38. The minimum absolute atomic E-state index is 0.661. The van der Waals surface area contributed by atoms with Gasteiger partial charge in [0.2, 0.25) is 0 Å². The zero-order valence-electron chi connectivity index (χ0n) is 20.4. The van der Waals surface area contributed by atoms with Crippen LogP contribution in [0.15, 0.2) is 36.7 Å². The molecule has 2 aromatic rings. The number of aromatic nitrogens is 2. The van der Waals surface area contributed by atoms with Crippen LogP contribution in [0.4, 0.5) is 0 Å². The van der Waals surface area contributed by atoms with Crippen molar-refractivity contribution in [2.45, 2.75) is 85.0 Å². The molecule has 0 radical (unpaired) electrons. The molecule has 1 aromatic heterocycles. The highest BCUT2D eigenvalue weighted by molar-refractivity contribution is 5.56. The third-order valence-corrected chi connectivity index (χ3v) is 6.83. The summed E-state index contributed by atoms with van der Waals surface area (Å²) in [6.07, 6.45) is 16.5. The van der Waals surface area contributed by atoms with E-state index in [9.17, 15) is 0 Å². The molecule has 1 aliphatic rings. The van der Waals surface area contributed by atoms with E-state index in [1.807, 2.05) is 24.3 Å². The molecule has 1 saturated carbocycles. The normalized spacial score (nSPS) is 18.6. The van der Waals surface area contributed by atoms with E-state index in [1.54, 1.807) is 12.4 Å². The average Bonchev–Trinajstić information content (AvgIpc) is 2.83. The molecule has 0 amide bonds. The lowest BCUT2D eigenvalue weighted by Crippen LogP contribution is -2.22. The first-order chi connectivity index (χ1) is 15.7. The molecule has 1 heterocycles. The van der Waals surface area contributed by atoms with Gasteiger partial charge in [-0.15, -0.1) is 0 Å². The van der Waals surface area contributed by atoms with Crippen LogP contribution >= 0.6 is 0 Å². The summed E-state index contributed by atoms with van der Waals surface area (Å²) in [5.74, 6) is 4.75. The van der Waals surface area contributed by atoms with Crippen molar-refractivity contribution in [2.24, 2.45) is 17.8 Å². The Hall–Kier alpha value is -2.10. The van der Waals surface area contributed by atoms with Crippen molar-refractivity contribution >= 4 is 0 Å². The van der Waals surface area contributed by atoms with Crippen molar-refractivity contribution in [1.82, 2.24) is 9.97 Å². The third-order valence-electron chi connectivity index (χ3n) is 6.83. The van der Waals surface area contributed by atoms with E-state index >= 15 is 0 Å². The van der Waals surface area contributed by atoms with Gasteiger partial charge in [-0.1, -0.05) is 52.9 Å². The van der Waals surface area contributed by atoms with Gasteiger partial charge in [-0.25, -0.2) is 9.97 Å². The largest absolute Gasteiger partial charge is 0.494 e. The van der Waals surface area contributed by atoms with Crippen LogP contribution < -0.4 is 9.47 Å². The standard InChI is InChI=1S/C28H42N2O2/c1-4-5-6-7-8-9-18-31-26-16-14-25(15-17-26)28-29-19-27(20-30-28)32-21-23-10-12-24(13-11-23)22(2)3/h14-17,19-20,22-24H,4-13,18,21H2,1-3H3. The fraction of sp³-hybridized carbons (Fsp3) is 0.643. The van der Waals surface area contributed by atoms with Crippen molar-refractivity contribution in [3.8, 4) is 22.9 Å². The Morgan fingerprint density at radius 1 is 0.812 bits per heavy atom. The van der Waals surface area contributed by atoms with Crippen molar-refractivity contribution in [2.75, 3.05) is 13.2 Å². The summed E-state index contributed by atoms with van der Waals surface area (Å²) in [4.78, 5) is 9.02. The summed E-state index contributed by atoms with van der Waals surface area (Å²) in [7, 11) is 0. The molecule has 0 atom stereocenters. The van der Waals surface area contributed by atoms with Gasteiger partial charge in [-0.2, -0.15) is 0 Å². The summed E-state index contributed by atoms with van der Waals surface area (Å²) in [6, 6.07) is 8.07. The number of nitrogens with zero attached hydrogens (tertiary/aromatic N) is 2. The highest BCUT2D eigenvalue weighted by Crippen LogP contribution is 2.33. The van der Waals surface area contributed by atoms with E-state index in [0.717, 1.165) is 54.4 Å². The molecule has 0 saturated heterocycles. The van der Waals surface area contributed by atoms with Gasteiger partial charge in [-0.3, -0.25) is 0 Å². The van der Waals surface area contributed by atoms with Crippen LogP contribution in [0.1, 0.15) is 85.0 Å². The molecule has 1 aliphatic carbocycles. The second-order valence-electron chi connectivity index (χ2n) is 9.72. The number of hydrogen-bond acceptors (Lipinski definition) is 4. The van der Waals surface area contributed by atoms with Crippen LogP contribution in [0.5, 0.6) is 11.5 Å². The van der Waals surface area contributed by atoms with Gasteiger partial charge in [0.05, 0.1) is 25.6 Å². The van der Waals surface area contributed by atoms with Gasteiger partial charge in [-0.05, 0) is 74.1 Å². The molecule has 3 rings (SSSR count). The average molecular weight is 439 g/mol. The first kappa shape index (κ1) is 24.5. The van der Waals surface area contributed by atoms with Gasteiger partial charge in [0, 0.05) is 5.56 Å². The monoisotopic (exact) mass is 438 g/mol. The maximum atomic E-state index is 5.99. The third kappa shape index (κ3) is 8.11. The molecule has 0 bridgehead atoms. The van der Waals surface area contributed by atoms with E-state index in [1.165, 1.54) is 57.8 Å². The number of ether oxygens (including phenoxy) is 2. The Morgan fingerprint density at radius 2 is 1.47 bits per heavy atom. The Kier molecular flexibility index (Phi) is 10.3. The first-order valence-corrected chi connectivity index (χ1v) is 12.8. The summed E-state index contributed by atoms with van der Waals surface area (Å²) in [5.41, 5.74) is 0.996. The Labute approximate surface area is 195 Å². The zero-order valence-corrected chi connectivity index (χ0v) is 20.4. The van der Waals surface area contributed by atoms with Crippen LogP contribution in [0.2, 0.25) is 0 Å². The maximum Gasteiger partial charge on any atom is 0.159 e. The maximum absolute atomic E-state index is 5.99. The first-order valence-electron chi connectivity index (χ1n) is 12.8. The number of benzene rings is 1. The molecular formula is C28H42N2O2. The second-order valence-corrected chi connectivity index (χ2v) is 9.72. The van der Waals surface area contributed by atoms with E-state index in [4.69, 9.17) is 9.47 Å². The fourth-order valence-corrected chi connectivity index (χ4v) is 4.55. The summed E-state index contributed by atoms with van der Waals surface area (Å²) >= 11 is 0. The lowest BCUT2D eigenvalue weighted by molar-refractivity contribution is 0.162. The predicted octanol–water partition coefficient (Wildman–Crippen LogP) is 7.72. The van der Waals surface area contributed by atoms with Crippen LogP contribution in [0, 0.1) is 17.8 Å². The summed E-state index contributed by atoms with van der Waals surface area (Å²) in [5, 5.41) is 0. The van der Waals surface area contributed by atoms with Crippen molar-refractivity contribution in [1.29, 1.82) is 0 Å². The molecule has 0 spiro atoms. The molecule has 0 aliphatic heterocycles.